The summed E-state index contributed by atoms with van der Waals surface area (Å²) in [6, 6.07) is 9.47. The molecule has 2 saturated heterocycles. The number of carbonyl (C=O) groups excluding carboxylic acids is 1. The Hall–Kier alpha value is -4.46. The first-order valence-corrected chi connectivity index (χ1v) is 15.6. The highest BCUT2D eigenvalue weighted by molar-refractivity contribution is 5.96. The van der Waals surface area contributed by atoms with E-state index in [1.165, 1.54) is 6.07 Å². The molecule has 1 aliphatic carbocycles. The summed E-state index contributed by atoms with van der Waals surface area (Å²) in [5.74, 6) is -1.60. The van der Waals surface area contributed by atoms with Crippen molar-refractivity contribution in [3.8, 4) is 22.9 Å². The van der Waals surface area contributed by atoms with Gasteiger partial charge in [-0.3, -0.25) is 9.59 Å². The third-order valence-corrected chi connectivity index (χ3v) is 8.92. The van der Waals surface area contributed by atoms with Crippen LogP contribution in [0.15, 0.2) is 48.7 Å². The van der Waals surface area contributed by atoms with Gasteiger partial charge in [-0.2, -0.15) is 13.2 Å². The van der Waals surface area contributed by atoms with E-state index in [2.05, 4.69) is 15.3 Å². The van der Waals surface area contributed by atoms with Crippen molar-refractivity contribution in [1.29, 1.82) is 0 Å². The predicted octanol–water partition coefficient (Wildman–Crippen LogP) is 5.03. The average molecular weight is 658 g/mol. The molecular formula is C33H35F4N5O5. The summed E-state index contributed by atoms with van der Waals surface area (Å²) < 4.78 is 66.3. The van der Waals surface area contributed by atoms with Crippen molar-refractivity contribution < 1.29 is 41.7 Å². The predicted molar refractivity (Wildman–Crippen MR) is 163 cm³/mol. The molecule has 14 heteroatoms. The van der Waals surface area contributed by atoms with Crippen LogP contribution in [0.1, 0.15) is 48.7 Å². The highest BCUT2D eigenvalue weighted by Gasteiger charge is 2.54. The van der Waals surface area contributed by atoms with Crippen molar-refractivity contribution in [1.82, 2.24) is 20.2 Å². The van der Waals surface area contributed by atoms with Crippen LogP contribution in [0.25, 0.3) is 11.3 Å². The number of amides is 1. The minimum Gasteiger partial charge on any atom is -0.488 e. The van der Waals surface area contributed by atoms with Crippen LogP contribution in [-0.4, -0.2) is 83.3 Å². The van der Waals surface area contributed by atoms with Crippen LogP contribution >= 0.6 is 0 Å². The summed E-state index contributed by atoms with van der Waals surface area (Å²) in [4.78, 5) is 37.2. The first-order valence-electron chi connectivity index (χ1n) is 15.6. The number of halogens is 4. The molecule has 250 valence electrons. The van der Waals surface area contributed by atoms with E-state index in [-0.39, 0.29) is 41.1 Å². The molecule has 10 nitrogen and oxygen atoms in total. The molecule has 6 rings (SSSR count). The van der Waals surface area contributed by atoms with Gasteiger partial charge < -0.3 is 29.7 Å². The molecule has 3 aromatic rings. The Morgan fingerprint density at radius 1 is 1.15 bits per heavy atom. The molecular weight excluding hydrogens is 622 g/mol. The second kappa shape index (κ2) is 13.0. The Labute approximate surface area is 268 Å². The van der Waals surface area contributed by atoms with Gasteiger partial charge in [0.2, 0.25) is 5.88 Å². The van der Waals surface area contributed by atoms with Gasteiger partial charge in [0, 0.05) is 56.1 Å². The second-order valence-corrected chi connectivity index (χ2v) is 12.4. The van der Waals surface area contributed by atoms with E-state index in [1.54, 1.807) is 35.4 Å². The fourth-order valence-electron chi connectivity index (χ4n) is 6.72. The number of carbonyl (C=O) groups is 2. The van der Waals surface area contributed by atoms with Crippen LogP contribution in [0, 0.1) is 11.2 Å². The number of likely N-dealkylation sites (tertiary alicyclic amines) is 1. The van der Waals surface area contributed by atoms with Gasteiger partial charge in [0.15, 0.2) is 11.4 Å². The summed E-state index contributed by atoms with van der Waals surface area (Å²) in [6.45, 7) is 4.55. The lowest BCUT2D eigenvalue weighted by atomic mass is 9.61. The monoisotopic (exact) mass is 657 g/mol. The molecule has 1 aromatic carbocycles. The van der Waals surface area contributed by atoms with E-state index in [0.717, 1.165) is 6.07 Å². The summed E-state index contributed by atoms with van der Waals surface area (Å²) in [7, 11) is 0. The summed E-state index contributed by atoms with van der Waals surface area (Å²) >= 11 is 0. The maximum Gasteiger partial charge on any atom is 0.418 e. The number of benzene rings is 1. The zero-order valence-corrected chi connectivity index (χ0v) is 25.7. The van der Waals surface area contributed by atoms with Crippen molar-refractivity contribution in [2.24, 2.45) is 5.41 Å². The van der Waals surface area contributed by atoms with Crippen LogP contribution in [-0.2, 0) is 11.0 Å². The molecule has 1 saturated carbocycles. The van der Waals surface area contributed by atoms with E-state index in [0.29, 0.717) is 81.8 Å². The lowest BCUT2D eigenvalue weighted by molar-refractivity contribution is -0.138. The molecule has 3 fully saturated rings. The first kappa shape index (κ1) is 32.5. The summed E-state index contributed by atoms with van der Waals surface area (Å²) in [5.41, 5.74) is -0.115. The highest BCUT2D eigenvalue weighted by Crippen LogP contribution is 2.52. The van der Waals surface area contributed by atoms with Crippen molar-refractivity contribution in [3.63, 3.8) is 0 Å². The van der Waals surface area contributed by atoms with Gasteiger partial charge in [0.1, 0.15) is 11.9 Å². The molecule has 3 aliphatic rings. The van der Waals surface area contributed by atoms with Crippen LogP contribution in [0.3, 0.4) is 0 Å². The number of aliphatic carboxylic acids is 1. The van der Waals surface area contributed by atoms with Crippen molar-refractivity contribution in [3.05, 3.63) is 65.7 Å². The number of alkyl halides is 3. The second-order valence-electron chi connectivity index (χ2n) is 12.4. The number of anilines is 1. The van der Waals surface area contributed by atoms with Crippen LogP contribution < -0.4 is 19.7 Å². The lowest BCUT2D eigenvalue weighted by Gasteiger charge is -2.59. The molecule has 2 aliphatic heterocycles. The smallest absolute Gasteiger partial charge is 0.418 e. The zero-order chi connectivity index (χ0) is 33.3. The normalized spacial score (nSPS) is 19.3. The standard InChI is InChI=1S/C33H35F4N5O5/c1-2-46-31-23(4-3-11-38-31)25-6-8-27(29(40-25)30(45)39-21-9-12-41(17-21)13-10-28(43)44)47-22-15-32(16-22)18-42(19-32)26-7-5-20(34)14-24(26)33(35,36)37/h3-8,11,14,21-22H,2,9-10,12-13,15-19H2,1H3,(H,39,45)(H,43,44)/t21-/m1/s1. The fraction of sp³-hybridized carbons (Fsp3) is 0.455. The maximum absolute atomic E-state index is 13.7. The minimum atomic E-state index is -4.67. The van der Waals surface area contributed by atoms with Gasteiger partial charge in [-0.25, -0.2) is 14.4 Å². The summed E-state index contributed by atoms with van der Waals surface area (Å²) in [6.07, 6.45) is -1.52. The lowest BCUT2D eigenvalue weighted by Crippen LogP contribution is -2.65. The van der Waals surface area contributed by atoms with Crippen LogP contribution in [0.5, 0.6) is 11.6 Å². The minimum absolute atomic E-state index is 0.0174. The molecule has 47 heavy (non-hydrogen) atoms. The first-order chi connectivity index (χ1) is 22.4. The maximum atomic E-state index is 13.7. The molecule has 2 N–H and O–H groups in total. The average Bonchev–Trinajstić information content (AvgIpc) is 3.44. The van der Waals surface area contributed by atoms with E-state index in [9.17, 15) is 27.2 Å². The third-order valence-electron chi connectivity index (χ3n) is 8.92. The van der Waals surface area contributed by atoms with Crippen molar-refractivity contribution in [2.45, 2.75) is 50.9 Å². The number of carboxylic acid groups (broad SMARTS) is 1. The molecule has 0 bridgehead atoms. The number of rotatable bonds is 11. The van der Waals surface area contributed by atoms with Gasteiger partial charge in [-0.15, -0.1) is 0 Å². The Morgan fingerprint density at radius 2 is 1.94 bits per heavy atom. The molecule has 2 aromatic heterocycles. The van der Waals surface area contributed by atoms with Crippen LogP contribution in [0.4, 0.5) is 23.2 Å². The molecule has 4 heterocycles. The number of hydrogen-bond donors (Lipinski definition) is 2. The van der Waals surface area contributed by atoms with E-state index < -0.39 is 29.4 Å². The largest absolute Gasteiger partial charge is 0.488 e. The van der Waals surface area contributed by atoms with Crippen LogP contribution in [0.2, 0.25) is 0 Å². The molecule has 0 unspecified atom stereocenters. The Kier molecular flexibility index (Phi) is 8.97. The van der Waals surface area contributed by atoms with Crippen molar-refractivity contribution >= 4 is 17.6 Å². The SMILES string of the molecule is CCOc1ncccc1-c1ccc(OC2CC3(C2)CN(c2ccc(F)cc2C(F)(F)F)C3)c(C(=O)N[C@@H]2CCN(CCC(=O)O)C2)n1. The third kappa shape index (κ3) is 7.11. The molecule has 1 spiro atoms. The summed E-state index contributed by atoms with van der Waals surface area (Å²) in [5, 5.41) is 12.0. The number of aromatic nitrogens is 2. The van der Waals surface area contributed by atoms with Gasteiger partial charge in [-0.05, 0) is 68.7 Å². The van der Waals surface area contributed by atoms with Gasteiger partial charge >= 0.3 is 12.1 Å². The Bertz CT molecular complexity index is 1640. The van der Waals surface area contributed by atoms with Gasteiger partial charge in [-0.1, -0.05) is 0 Å². The number of ether oxygens (including phenoxy) is 2. The number of pyridine rings is 2. The fourth-order valence-corrected chi connectivity index (χ4v) is 6.72. The van der Waals surface area contributed by atoms with Crippen molar-refractivity contribution in [2.75, 3.05) is 44.2 Å². The number of carboxylic acids is 1. The number of hydrogen-bond acceptors (Lipinski definition) is 8. The highest BCUT2D eigenvalue weighted by atomic mass is 19.4. The van der Waals surface area contributed by atoms with Gasteiger partial charge in [0.25, 0.3) is 5.91 Å². The topological polar surface area (TPSA) is 117 Å². The molecule has 1 amide bonds. The quantitative estimate of drug-likeness (QED) is 0.274. The van der Waals surface area contributed by atoms with E-state index >= 15 is 0 Å². The molecule has 0 radical (unpaired) electrons. The zero-order valence-electron chi connectivity index (χ0n) is 25.7. The Morgan fingerprint density at radius 3 is 2.66 bits per heavy atom. The molecule has 1 atom stereocenters. The van der Waals surface area contributed by atoms with Gasteiger partial charge in [0.05, 0.1) is 29.8 Å². The number of nitrogens with zero attached hydrogens (tertiary/aromatic N) is 4. The Balaban J connectivity index is 1.16. The van der Waals surface area contributed by atoms with E-state index in [1.807, 2.05) is 11.8 Å². The van der Waals surface area contributed by atoms with E-state index in [4.69, 9.17) is 14.6 Å². The number of nitrogens with one attached hydrogen (secondary N) is 1.